The average molecular weight is 486 g/mol. The molecule has 0 spiro atoms. The molecule has 0 bridgehead atoms. The minimum Gasteiger partial charge on any atom is -0.505 e. The van der Waals surface area contributed by atoms with Crippen LogP contribution in [0, 0.1) is 0 Å². The van der Waals surface area contributed by atoms with Crippen LogP contribution in [-0.4, -0.2) is 85.4 Å². The molecule has 2 atom stereocenters. The molecule has 1 aliphatic rings. The Hall–Kier alpha value is -4.23. The molecule has 0 fully saturated rings. The van der Waals surface area contributed by atoms with Crippen LogP contribution in [0.3, 0.4) is 0 Å². The normalized spacial score (nSPS) is 15.5. The number of alkyl carbamates (subject to hydrolysis) is 2. The first kappa shape index (κ1) is 27.8. The number of hydrogen-bond donors (Lipinski definition) is 4. The number of carbonyl (C=O) groups is 5. The number of cyclic esters (lactones) is 1. The van der Waals surface area contributed by atoms with Gasteiger partial charge in [-0.15, -0.1) is 0 Å². The highest BCUT2D eigenvalue weighted by Gasteiger charge is 2.42. The van der Waals surface area contributed by atoms with Crippen molar-refractivity contribution >= 4 is 30.1 Å². The molecule has 1 rings (SSSR count). The second kappa shape index (κ2) is 13.3. The van der Waals surface area contributed by atoms with Gasteiger partial charge in [-0.2, -0.15) is 0 Å². The summed E-state index contributed by atoms with van der Waals surface area (Å²) >= 11 is 0. The van der Waals surface area contributed by atoms with Gasteiger partial charge in [0.25, 0.3) is 0 Å². The van der Waals surface area contributed by atoms with Crippen LogP contribution in [0.15, 0.2) is 35.8 Å². The topological polar surface area (TPSA) is 196 Å². The summed E-state index contributed by atoms with van der Waals surface area (Å²) in [6, 6.07) is 0. The van der Waals surface area contributed by atoms with Gasteiger partial charge in [-0.3, -0.25) is 0 Å². The summed E-state index contributed by atoms with van der Waals surface area (Å²) in [6.45, 7) is 8.34. The summed E-state index contributed by atoms with van der Waals surface area (Å²) in [5.74, 6) is -4.59. The highest BCUT2D eigenvalue weighted by Crippen LogP contribution is 2.23. The van der Waals surface area contributed by atoms with Crippen molar-refractivity contribution in [3.63, 3.8) is 0 Å². The molecule has 0 aliphatic carbocycles. The monoisotopic (exact) mass is 486 g/mol. The minimum absolute atomic E-state index is 0.114. The van der Waals surface area contributed by atoms with E-state index in [0.717, 1.165) is 0 Å². The maximum atomic E-state index is 12.0. The van der Waals surface area contributed by atoms with E-state index in [2.05, 4.69) is 23.8 Å². The van der Waals surface area contributed by atoms with Gasteiger partial charge in [-0.1, -0.05) is 13.2 Å². The molecule has 0 radical (unpaired) electrons. The number of nitrogens with one attached hydrogen (secondary N) is 2. The fourth-order valence-electron chi connectivity index (χ4n) is 2.13. The number of amides is 2. The van der Waals surface area contributed by atoms with Crippen LogP contribution in [0.2, 0.25) is 0 Å². The van der Waals surface area contributed by atoms with E-state index in [4.69, 9.17) is 23.7 Å². The van der Waals surface area contributed by atoms with Crippen molar-refractivity contribution in [3.8, 4) is 0 Å². The molecule has 14 nitrogen and oxygen atoms in total. The highest BCUT2D eigenvalue weighted by molar-refractivity contribution is 5.89. The van der Waals surface area contributed by atoms with Crippen molar-refractivity contribution in [2.75, 3.05) is 32.9 Å². The quantitative estimate of drug-likeness (QED) is 0.128. The Balaban J connectivity index is 2.59. The van der Waals surface area contributed by atoms with E-state index in [-0.39, 0.29) is 37.4 Å². The van der Waals surface area contributed by atoms with Gasteiger partial charge in [-0.05, 0) is 13.8 Å². The Bertz CT molecular complexity index is 879. The largest absolute Gasteiger partial charge is 0.505 e. The van der Waals surface area contributed by atoms with E-state index >= 15 is 0 Å². The van der Waals surface area contributed by atoms with E-state index in [1.165, 1.54) is 13.8 Å². The van der Waals surface area contributed by atoms with Gasteiger partial charge in [0, 0.05) is 11.1 Å². The lowest BCUT2D eigenvalue weighted by molar-refractivity contribution is -0.148. The number of rotatable bonds is 12. The van der Waals surface area contributed by atoms with E-state index in [0.29, 0.717) is 0 Å². The summed E-state index contributed by atoms with van der Waals surface area (Å²) < 4.78 is 24.2. The summed E-state index contributed by atoms with van der Waals surface area (Å²) in [5.41, 5.74) is 0.342. The van der Waals surface area contributed by atoms with E-state index in [1.54, 1.807) is 0 Å². The second-order valence-corrected chi connectivity index (χ2v) is 6.79. The fraction of sp³-hybridized carbons (Fsp3) is 0.450. The molecule has 0 saturated heterocycles. The highest BCUT2D eigenvalue weighted by atomic mass is 16.6. The van der Waals surface area contributed by atoms with Gasteiger partial charge in [0.05, 0.1) is 13.1 Å². The van der Waals surface area contributed by atoms with E-state index in [1.807, 2.05) is 0 Å². The van der Waals surface area contributed by atoms with Crippen LogP contribution < -0.4 is 10.6 Å². The summed E-state index contributed by atoms with van der Waals surface area (Å²) in [4.78, 5) is 57.9. The molecule has 0 aromatic rings. The first-order chi connectivity index (χ1) is 15.9. The smallest absolute Gasteiger partial charge is 0.407 e. The standard InChI is InChI=1S/C20H26N2O12/c1-10(2)16(25)30-7-5-21-19(28)32-9-12(15-13(23)14(24)18(27)34-15)33-20(29)22-6-8-31-17(26)11(3)4/h12,15,23-24H,1,3,5-9H2,2,4H3,(H,21,28)(H,22,29). The van der Waals surface area contributed by atoms with Crippen LogP contribution >= 0.6 is 0 Å². The third-order valence-electron chi connectivity index (χ3n) is 3.82. The molecule has 34 heavy (non-hydrogen) atoms. The molecular weight excluding hydrogens is 460 g/mol. The minimum atomic E-state index is -1.65. The van der Waals surface area contributed by atoms with E-state index < -0.39 is 60.4 Å². The van der Waals surface area contributed by atoms with Crippen LogP contribution in [0.5, 0.6) is 0 Å². The SMILES string of the molecule is C=C(C)C(=O)OCCNC(=O)OCC(OC(=O)NCCOC(=O)C(=C)C)C1OC(=O)C(O)=C1O. The maximum absolute atomic E-state index is 12.0. The van der Waals surface area contributed by atoms with Crippen LogP contribution in [0.25, 0.3) is 0 Å². The lowest BCUT2D eigenvalue weighted by Gasteiger charge is -2.22. The third-order valence-corrected chi connectivity index (χ3v) is 3.82. The zero-order valence-electron chi connectivity index (χ0n) is 18.6. The number of esters is 3. The Morgan fingerprint density at radius 1 is 0.941 bits per heavy atom. The molecule has 1 heterocycles. The van der Waals surface area contributed by atoms with Crippen molar-refractivity contribution < 1.29 is 57.9 Å². The van der Waals surface area contributed by atoms with Crippen molar-refractivity contribution in [3.05, 3.63) is 35.8 Å². The Morgan fingerprint density at radius 2 is 1.44 bits per heavy atom. The number of ether oxygens (including phenoxy) is 5. The van der Waals surface area contributed by atoms with Crippen LogP contribution in [-0.2, 0) is 38.1 Å². The van der Waals surface area contributed by atoms with Crippen molar-refractivity contribution in [2.24, 2.45) is 0 Å². The number of hydrogen-bond acceptors (Lipinski definition) is 12. The van der Waals surface area contributed by atoms with Gasteiger partial charge in [-0.25, -0.2) is 24.0 Å². The Morgan fingerprint density at radius 3 is 1.88 bits per heavy atom. The molecule has 188 valence electrons. The van der Waals surface area contributed by atoms with Crippen molar-refractivity contribution in [1.29, 1.82) is 0 Å². The summed E-state index contributed by atoms with van der Waals surface area (Å²) in [7, 11) is 0. The first-order valence-electron chi connectivity index (χ1n) is 9.77. The van der Waals surface area contributed by atoms with Gasteiger partial charge < -0.3 is 44.5 Å². The van der Waals surface area contributed by atoms with Gasteiger partial charge in [0.15, 0.2) is 11.9 Å². The number of carbonyl (C=O) groups excluding carboxylic acids is 5. The molecule has 2 amide bonds. The molecule has 14 heteroatoms. The summed E-state index contributed by atoms with van der Waals surface area (Å²) in [6.07, 6.45) is -5.31. The Labute approximate surface area is 194 Å². The average Bonchev–Trinajstić information content (AvgIpc) is 3.03. The third kappa shape index (κ3) is 9.10. The molecule has 1 aliphatic heterocycles. The summed E-state index contributed by atoms with van der Waals surface area (Å²) in [5, 5.41) is 23.8. The molecule has 0 saturated carbocycles. The lowest BCUT2D eigenvalue weighted by Crippen LogP contribution is -2.42. The molecule has 4 N–H and O–H groups in total. The van der Waals surface area contributed by atoms with Gasteiger partial charge in [0.1, 0.15) is 19.8 Å². The number of aliphatic hydroxyl groups is 2. The predicted molar refractivity (Wildman–Crippen MR) is 111 cm³/mol. The zero-order chi connectivity index (χ0) is 25.8. The maximum Gasteiger partial charge on any atom is 0.407 e. The lowest BCUT2D eigenvalue weighted by atomic mass is 10.2. The molecule has 0 aromatic heterocycles. The number of aliphatic hydroxyl groups excluding tert-OH is 2. The van der Waals surface area contributed by atoms with Crippen LogP contribution in [0.4, 0.5) is 9.59 Å². The van der Waals surface area contributed by atoms with Crippen molar-refractivity contribution in [2.45, 2.75) is 26.1 Å². The Kier molecular flexibility index (Phi) is 10.9. The predicted octanol–water partition coefficient (Wildman–Crippen LogP) is 0.299. The molecule has 2 unspecified atom stereocenters. The zero-order valence-corrected chi connectivity index (χ0v) is 18.6. The first-order valence-corrected chi connectivity index (χ1v) is 9.77. The molecular formula is C20H26N2O12. The molecule has 0 aromatic carbocycles. The fourth-order valence-corrected chi connectivity index (χ4v) is 2.13. The van der Waals surface area contributed by atoms with E-state index in [9.17, 15) is 34.2 Å². The van der Waals surface area contributed by atoms with Crippen LogP contribution in [0.1, 0.15) is 13.8 Å². The van der Waals surface area contributed by atoms with Crippen molar-refractivity contribution in [1.82, 2.24) is 10.6 Å². The van der Waals surface area contributed by atoms with Gasteiger partial charge in [0.2, 0.25) is 11.9 Å². The van der Waals surface area contributed by atoms with Gasteiger partial charge >= 0.3 is 30.1 Å². The second-order valence-electron chi connectivity index (χ2n) is 6.79.